The van der Waals surface area contributed by atoms with E-state index in [4.69, 9.17) is 9.73 Å². The van der Waals surface area contributed by atoms with Crippen molar-refractivity contribution in [3.63, 3.8) is 0 Å². The lowest BCUT2D eigenvalue weighted by molar-refractivity contribution is 0.192. The second-order valence-corrected chi connectivity index (χ2v) is 5.63. The largest absolute Gasteiger partial charge is 0.385 e. The molecule has 0 aromatic heterocycles. The van der Waals surface area contributed by atoms with E-state index in [0.29, 0.717) is 0 Å². The Hall–Kier alpha value is -0.820. The lowest BCUT2D eigenvalue weighted by Crippen LogP contribution is -2.38. The zero-order valence-corrected chi connectivity index (χ0v) is 17.3. The van der Waals surface area contributed by atoms with Gasteiger partial charge in [-0.05, 0) is 38.7 Å². The van der Waals surface area contributed by atoms with Crippen molar-refractivity contribution >= 4 is 29.9 Å². The third-order valence-corrected chi connectivity index (χ3v) is 3.50. The van der Waals surface area contributed by atoms with Crippen LogP contribution in [0.15, 0.2) is 29.3 Å². The first-order chi connectivity index (χ1) is 10.7. The van der Waals surface area contributed by atoms with E-state index in [1.807, 2.05) is 0 Å². The predicted octanol–water partition coefficient (Wildman–Crippen LogP) is 3.83. The van der Waals surface area contributed by atoms with Crippen molar-refractivity contribution in [3.8, 4) is 0 Å². The van der Waals surface area contributed by atoms with Gasteiger partial charge in [-0.25, -0.2) is 0 Å². The summed E-state index contributed by atoms with van der Waals surface area (Å²) in [5.41, 5.74) is 2.60. The Morgan fingerprint density at radius 2 is 1.87 bits per heavy atom. The summed E-state index contributed by atoms with van der Waals surface area (Å²) < 4.78 is 5.06. The molecular weight excluding hydrogens is 401 g/mol. The molecule has 0 fully saturated rings. The normalized spacial score (nSPS) is 11.0. The Bertz CT molecular complexity index is 434. The van der Waals surface area contributed by atoms with Gasteiger partial charge in [0.2, 0.25) is 0 Å². The highest BCUT2D eigenvalue weighted by atomic mass is 127. The van der Waals surface area contributed by atoms with Crippen molar-refractivity contribution in [3.05, 3.63) is 35.4 Å². The fourth-order valence-corrected chi connectivity index (χ4v) is 2.23. The maximum atomic E-state index is 5.06. The second kappa shape index (κ2) is 13.6. The third kappa shape index (κ3) is 9.81. The van der Waals surface area contributed by atoms with Gasteiger partial charge in [0, 0.05) is 40.4 Å². The number of hydrogen-bond acceptors (Lipinski definition) is 2. The van der Waals surface area contributed by atoms with Crippen LogP contribution in [0, 0.1) is 6.92 Å². The highest BCUT2D eigenvalue weighted by Crippen LogP contribution is 2.06. The molecule has 1 rings (SSSR count). The average Bonchev–Trinajstić information content (AvgIpc) is 2.51. The first-order valence-electron chi connectivity index (χ1n) is 8.21. The lowest BCUT2D eigenvalue weighted by Gasteiger charge is -2.22. The maximum absolute atomic E-state index is 5.06. The number of methoxy groups -OCH3 is 1. The van der Waals surface area contributed by atoms with Gasteiger partial charge >= 0.3 is 0 Å². The first kappa shape index (κ1) is 22.2. The number of ether oxygens (including phenoxy) is 1. The van der Waals surface area contributed by atoms with Crippen LogP contribution in [0.4, 0.5) is 0 Å². The Labute approximate surface area is 158 Å². The standard InChI is InChI=1S/C18H31N3O.HI/c1-5-19-18(20-13-7-6-8-14-22-4)21(3)15-17-11-9-16(2)10-12-17;/h9-12H,5-8,13-15H2,1-4H3,(H,19,20);1H. The van der Waals surface area contributed by atoms with Crippen molar-refractivity contribution < 1.29 is 4.74 Å². The van der Waals surface area contributed by atoms with Crippen LogP contribution < -0.4 is 5.32 Å². The molecule has 0 aliphatic heterocycles. The Morgan fingerprint density at radius 3 is 2.48 bits per heavy atom. The van der Waals surface area contributed by atoms with Crippen molar-refractivity contribution in [1.29, 1.82) is 0 Å². The fourth-order valence-electron chi connectivity index (χ4n) is 2.23. The van der Waals surface area contributed by atoms with E-state index in [2.05, 4.69) is 55.4 Å². The molecule has 0 radical (unpaired) electrons. The molecular formula is C18H32IN3O. The first-order valence-corrected chi connectivity index (χ1v) is 8.21. The zero-order chi connectivity index (χ0) is 16.2. The van der Waals surface area contributed by atoms with Gasteiger partial charge in [0.05, 0.1) is 0 Å². The number of unbranched alkanes of at least 4 members (excludes halogenated alkanes) is 2. The number of halogens is 1. The summed E-state index contributed by atoms with van der Waals surface area (Å²) in [6, 6.07) is 8.67. The molecule has 0 atom stereocenters. The van der Waals surface area contributed by atoms with Crippen LogP contribution in [0.3, 0.4) is 0 Å². The molecule has 4 nitrogen and oxygen atoms in total. The van der Waals surface area contributed by atoms with Crippen LogP contribution in [0.5, 0.6) is 0 Å². The van der Waals surface area contributed by atoms with Crippen LogP contribution in [-0.4, -0.2) is 44.7 Å². The molecule has 0 unspecified atom stereocenters. The van der Waals surface area contributed by atoms with Gasteiger partial charge < -0.3 is 15.0 Å². The van der Waals surface area contributed by atoms with Crippen LogP contribution in [0.2, 0.25) is 0 Å². The van der Waals surface area contributed by atoms with Crippen molar-refractivity contribution in [2.24, 2.45) is 4.99 Å². The van der Waals surface area contributed by atoms with Gasteiger partial charge in [-0.3, -0.25) is 4.99 Å². The Balaban J connectivity index is 0.00000484. The topological polar surface area (TPSA) is 36.9 Å². The van der Waals surface area contributed by atoms with Gasteiger partial charge in [0.1, 0.15) is 0 Å². The summed E-state index contributed by atoms with van der Waals surface area (Å²) >= 11 is 0. The highest BCUT2D eigenvalue weighted by molar-refractivity contribution is 14.0. The molecule has 132 valence electrons. The van der Waals surface area contributed by atoms with Crippen LogP contribution in [-0.2, 0) is 11.3 Å². The second-order valence-electron chi connectivity index (χ2n) is 5.63. The minimum absolute atomic E-state index is 0. The highest BCUT2D eigenvalue weighted by Gasteiger charge is 2.06. The van der Waals surface area contributed by atoms with Crippen molar-refractivity contribution in [1.82, 2.24) is 10.2 Å². The summed E-state index contributed by atoms with van der Waals surface area (Å²) in [6.45, 7) is 7.69. The predicted molar refractivity (Wildman–Crippen MR) is 110 cm³/mol. The quantitative estimate of drug-likeness (QED) is 0.278. The molecule has 0 aliphatic rings. The van der Waals surface area contributed by atoms with E-state index < -0.39 is 0 Å². The molecule has 5 heteroatoms. The SMILES string of the molecule is CCNC(=NCCCCCOC)N(C)Cc1ccc(C)cc1.I. The molecule has 1 aromatic rings. The van der Waals surface area contributed by atoms with Gasteiger partial charge in [-0.1, -0.05) is 29.8 Å². The van der Waals surface area contributed by atoms with Crippen LogP contribution in [0.25, 0.3) is 0 Å². The minimum atomic E-state index is 0. The summed E-state index contributed by atoms with van der Waals surface area (Å²) in [5, 5.41) is 3.37. The summed E-state index contributed by atoms with van der Waals surface area (Å²) in [6.07, 6.45) is 3.39. The minimum Gasteiger partial charge on any atom is -0.385 e. The number of aryl methyl sites for hydroxylation is 1. The summed E-state index contributed by atoms with van der Waals surface area (Å²) in [5.74, 6) is 0.981. The molecule has 0 saturated carbocycles. The summed E-state index contributed by atoms with van der Waals surface area (Å²) in [7, 11) is 3.84. The van der Waals surface area contributed by atoms with Gasteiger partial charge in [0.15, 0.2) is 5.96 Å². The van der Waals surface area contributed by atoms with E-state index >= 15 is 0 Å². The number of nitrogens with zero attached hydrogens (tertiary/aromatic N) is 2. The van der Waals surface area contributed by atoms with Crippen LogP contribution >= 0.6 is 24.0 Å². The van der Waals surface area contributed by atoms with E-state index in [9.17, 15) is 0 Å². The van der Waals surface area contributed by atoms with Crippen LogP contribution in [0.1, 0.15) is 37.3 Å². The number of nitrogens with one attached hydrogen (secondary N) is 1. The van der Waals surface area contributed by atoms with E-state index in [-0.39, 0.29) is 24.0 Å². The molecule has 0 amide bonds. The van der Waals surface area contributed by atoms with Crippen molar-refractivity contribution in [2.45, 2.75) is 39.7 Å². The fraction of sp³-hybridized carbons (Fsp3) is 0.611. The third-order valence-electron chi connectivity index (χ3n) is 3.50. The van der Waals surface area contributed by atoms with Gasteiger partial charge in [-0.15, -0.1) is 24.0 Å². The molecule has 1 aromatic carbocycles. The molecule has 0 bridgehead atoms. The van der Waals surface area contributed by atoms with E-state index in [1.54, 1.807) is 7.11 Å². The zero-order valence-electron chi connectivity index (χ0n) is 15.0. The smallest absolute Gasteiger partial charge is 0.193 e. The monoisotopic (exact) mass is 433 g/mol. The molecule has 23 heavy (non-hydrogen) atoms. The van der Waals surface area contributed by atoms with Crippen molar-refractivity contribution in [2.75, 3.05) is 33.9 Å². The molecule has 0 heterocycles. The van der Waals surface area contributed by atoms with Gasteiger partial charge in [-0.2, -0.15) is 0 Å². The summed E-state index contributed by atoms with van der Waals surface area (Å²) in [4.78, 5) is 6.90. The Kier molecular flexibility index (Phi) is 13.1. The molecule has 0 spiro atoms. The van der Waals surface area contributed by atoms with E-state index in [0.717, 1.165) is 45.0 Å². The molecule has 1 N–H and O–H groups in total. The van der Waals surface area contributed by atoms with E-state index in [1.165, 1.54) is 17.5 Å². The lowest BCUT2D eigenvalue weighted by atomic mass is 10.1. The average molecular weight is 433 g/mol. The van der Waals surface area contributed by atoms with Gasteiger partial charge in [0.25, 0.3) is 0 Å². The number of aliphatic imine (C=N–C) groups is 1. The molecule has 0 saturated heterocycles. The molecule has 0 aliphatic carbocycles. The number of rotatable bonds is 9. The number of benzene rings is 1. The number of guanidine groups is 1. The number of hydrogen-bond donors (Lipinski definition) is 1. The Morgan fingerprint density at radius 1 is 1.17 bits per heavy atom. The maximum Gasteiger partial charge on any atom is 0.193 e.